The summed E-state index contributed by atoms with van der Waals surface area (Å²) in [5.74, 6) is 0.0528. The fraction of sp³-hybridized carbons (Fsp3) is 0.250. The molecule has 1 heterocycles. The Labute approximate surface area is 119 Å². The Hall–Kier alpha value is -2.04. The van der Waals surface area contributed by atoms with Crippen molar-refractivity contribution >= 4 is 0 Å². The third-order valence-corrected chi connectivity index (χ3v) is 3.51. The van der Waals surface area contributed by atoms with E-state index in [1.54, 1.807) is 18.2 Å². The van der Waals surface area contributed by atoms with E-state index in [2.05, 4.69) is 0 Å². The van der Waals surface area contributed by atoms with Gasteiger partial charge in [0.2, 0.25) is 0 Å². The zero-order valence-corrected chi connectivity index (χ0v) is 11.0. The lowest BCUT2D eigenvalue weighted by atomic mass is 9.97. The van der Waals surface area contributed by atoms with Crippen molar-refractivity contribution in [3.63, 3.8) is 0 Å². The maximum atomic E-state index is 13.9. The summed E-state index contributed by atoms with van der Waals surface area (Å²) < 4.78 is 57.6. The maximum absolute atomic E-state index is 13.9. The summed E-state index contributed by atoms with van der Waals surface area (Å²) in [6.07, 6.45) is -2.86. The minimum atomic E-state index is -4.49. The highest BCUT2D eigenvalue weighted by molar-refractivity contribution is 5.67. The van der Waals surface area contributed by atoms with Crippen LogP contribution in [0.2, 0.25) is 0 Å². The van der Waals surface area contributed by atoms with Crippen molar-refractivity contribution in [1.29, 1.82) is 0 Å². The Balaban J connectivity index is 2.07. The van der Waals surface area contributed by atoms with Gasteiger partial charge in [0.1, 0.15) is 11.6 Å². The topological polar surface area (TPSA) is 9.23 Å². The van der Waals surface area contributed by atoms with Gasteiger partial charge in [0, 0.05) is 5.56 Å². The lowest BCUT2D eigenvalue weighted by Crippen LogP contribution is -2.08. The molecule has 0 spiro atoms. The lowest BCUT2D eigenvalue weighted by molar-refractivity contribution is -0.137. The Bertz CT molecular complexity index is 676. The van der Waals surface area contributed by atoms with Gasteiger partial charge in [-0.2, -0.15) is 13.2 Å². The van der Waals surface area contributed by atoms with Gasteiger partial charge < -0.3 is 4.74 Å². The zero-order valence-electron chi connectivity index (χ0n) is 11.0. The smallest absolute Gasteiger partial charge is 0.416 e. The van der Waals surface area contributed by atoms with Crippen LogP contribution >= 0.6 is 0 Å². The van der Waals surface area contributed by atoms with E-state index in [0.29, 0.717) is 12.2 Å². The first-order valence-electron chi connectivity index (χ1n) is 6.58. The summed E-state index contributed by atoms with van der Waals surface area (Å²) in [5, 5.41) is 0. The fourth-order valence-corrected chi connectivity index (χ4v) is 2.45. The summed E-state index contributed by atoms with van der Waals surface area (Å²) in [5.41, 5.74) is 0.435. The molecule has 1 aliphatic rings. The molecule has 0 saturated heterocycles. The van der Waals surface area contributed by atoms with E-state index in [0.717, 1.165) is 42.4 Å². The second kappa shape index (κ2) is 5.06. The summed E-state index contributed by atoms with van der Waals surface area (Å²) in [7, 11) is 0. The Morgan fingerprint density at radius 3 is 2.57 bits per heavy atom. The first kappa shape index (κ1) is 13.9. The SMILES string of the molecule is Fc1ccc(C(F)(F)F)cc1-c1ccc2c(c1)CCCO2. The average molecular weight is 296 g/mol. The summed E-state index contributed by atoms with van der Waals surface area (Å²) in [6.45, 7) is 0.629. The van der Waals surface area contributed by atoms with E-state index >= 15 is 0 Å². The number of benzene rings is 2. The van der Waals surface area contributed by atoms with Crippen LogP contribution in [0.4, 0.5) is 17.6 Å². The van der Waals surface area contributed by atoms with Crippen molar-refractivity contribution in [2.45, 2.75) is 19.0 Å². The minimum absolute atomic E-state index is 0.0433. The van der Waals surface area contributed by atoms with E-state index in [-0.39, 0.29) is 5.56 Å². The molecular weight excluding hydrogens is 284 g/mol. The molecule has 21 heavy (non-hydrogen) atoms. The van der Waals surface area contributed by atoms with E-state index in [1.807, 2.05) is 0 Å². The van der Waals surface area contributed by atoms with Gasteiger partial charge in [-0.25, -0.2) is 4.39 Å². The van der Waals surface area contributed by atoms with Gasteiger partial charge in [-0.1, -0.05) is 6.07 Å². The van der Waals surface area contributed by atoms with Gasteiger partial charge in [0.25, 0.3) is 0 Å². The van der Waals surface area contributed by atoms with Gasteiger partial charge in [-0.15, -0.1) is 0 Å². The van der Waals surface area contributed by atoms with Crippen LogP contribution in [-0.2, 0) is 12.6 Å². The van der Waals surface area contributed by atoms with E-state index in [9.17, 15) is 17.6 Å². The third kappa shape index (κ3) is 2.73. The van der Waals surface area contributed by atoms with Crippen molar-refractivity contribution < 1.29 is 22.3 Å². The van der Waals surface area contributed by atoms with Crippen molar-refractivity contribution in [1.82, 2.24) is 0 Å². The first-order chi connectivity index (χ1) is 9.95. The van der Waals surface area contributed by atoms with Crippen molar-refractivity contribution in [2.24, 2.45) is 0 Å². The first-order valence-corrected chi connectivity index (χ1v) is 6.58. The molecule has 0 saturated carbocycles. The molecule has 0 unspecified atom stereocenters. The molecule has 0 bridgehead atoms. The second-order valence-electron chi connectivity index (χ2n) is 4.97. The molecule has 0 amide bonds. The predicted octanol–water partition coefficient (Wildman–Crippen LogP) is 4.84. The highest BCUT2D eigenvalue weighted by Gasteiger charge is 2.31. The fourth-order valence-electron chi connectivity index (χ4n) is 2.45. The molecule has 1 nitrogen and oxygen atoms in total. The van der Waals surface area contributed by atoms with E-state index in [1.165, 1.54) is 0 Å². The predicted molar refractivity (Wildman–Crippen MR) is 70.7 cm³/mol. The van der Waals surface area contributed by atoms with Crippen LogP contribution < -0.4 is 4.74 Å². The largest absolute Gasteiger partial charge is 0.493 e. The molecular formula is C16H12F4O. The van der Waals surface area contributed by atoms with Crippen molar-refractivity contribution in [3.05, 3.63) is 53.3 Å². The molecule has 2 aromatic carbocycles. The van der Waals surface area contributed by atoms with Crippen LogP contribution in [0.1, 0.15) is 17.5 Å². The molecule has 0 fully saturated rings. The summed E-state index contributed by atoms with van der Waals surface area (Å²) in [4.78, 5) is 0. The molecule has 0 radical (unpaired) electrons. The normalized spacial score (nSPS) is 14.5. The highest BCUT2D eigenvalue weighted by Crippen LogP contribution is 2.35. The molecule has 2 aromatic rings. The number of fused-ring (bicyclic) bond motifs is 1. The number of hydrogen-bond donors (Lipinski definition) is 0. The molecule has 0 atom stereocenters. The monoisotopic (exact) mass is 296 g/mol. The highest BCUT2D eigenvalue weighted by atomic mass is 19.4. The zero-order chi connectivity index (χ0) is 15.0. The van der Waals surface area contributed by atoms with Gasteiger partial charge in [0.15, 0.2) is 0 Å². The van der Waals surface area contributed by atoms with Crippen molar-refractivity contribution in [3.8, 4) is 16.9 Å². The number of ether oxygens (including phenoxy) is 1. The standard InChI is InChI=1S/C16H12F4O/c17-14-5-4-12(16(18,19)20)9-13(14)10-3-6-15-11(8-10)2-1-7-21-15/h3-6,8-9H,1-2,7H2. The van der Waals surface area contributed by atoms with E-state index in [4.69, 9.17) is 4.74 Å². The van der Waals surface area contributed by atoms with Gasteiger partial charge in [-0.05, 0) is 54.3 Å². The average Bonchev–Trinajstić information content (AvgIpc) is 2.46. The Morgan fingerprint density at radius 2 is 1.81 bits per heavy atom. The molecule has 0 N–H and O–H groups in total. The van der Waals surface area contributed by atoms with Crippen molar-refractivity contribution in [2.75, 3.05) is 6.61 Å². The number of aryl methyl sites for hydroxylation is 1. The van der Waals surface area contributed by atoms with Crippen LogP contribution in [0.25, 0.3) is 11.1 Å². The molecule has 0 aliphatic carbocycles. The molecule has 3 rings (SSSR count). The van der Waals surface area contributed by atoms with Crippen LogP contribution in [0, 0.1) is 5.82 Å². The Morgan fingerprint density at radius 1 is 1.00 bits per heavy atom. The van der Waals surface area contributed by atoms with Crippen LogP contribution in [0.5, 0.6) is 5.75 Å². The number of halogens is 4. The number of hydrogen-bond acceptors (Lipinski definition) is 1. The van der Waals surface area contributed by atoms with E-state index < -0.39 is 17.6 Å². The number of alkyl halides is 3. The third-order valence-electron chi connectivity index (χ3n) is 3.51. The summed E-state index contributed by atoms with van der Waals surface area (Å²) >= 11 is 0. The number of rotatable bonds is 1. The lowest BCUT2D eigenvalue weighted by Gasteiger charge is -2.18. The van der Waals surface area contributed by atoms with Gasteiger partial charge in [0.05, 0.1) is 12.2 Å². The Kier molecular flexibility index (Phi) is 3.35. The molecule has 1 aliphatic heterocycles. The molecule has 110 valence electrons. The maximum Gasteiger partial charge on any atom is 0.416 e. The quantitative estimate of drug-likeness (QED) is 0.684. The molecule has 5 heteroatoms. The molecule has 0 aromatic heterocycles. The van der Waals surface area contributed by atoms with Crippen LogP contribution in [-0.4, -0.2) is 6.61 Å². The summed E-state index contributed by atoms with van der Waals surface area (Å²) in [6, 6.07) is 7.43. The second-order valence-corrected chi connectivity index (χ2v) is 4.97. The van der Waals surface area contributed by atoms with Crippen LogP contribution in [0.15, 0.2) is 36.4 Å². The minimum Gasteiger partial charge on any atom is -0.493 e. The van der Waals surface area contributed by atoms with Crippen LogP contribution in [0.3, 0.4) is 0 Å². The van der Waals surface area contributed by atoms with Gasteiger partial charge in [-0.3, -0.25) is 0 Å². The van der Waals surface area contributed by atoms with Gasteiger partial charge >= 0.3 is 6.18 Å².